The molecule has 1 fully saturated rings. The summed E-state index contributed by atoms with van der Waals surface area (Å²) in [6.45, 7) is 0.692. The van der Waals surface area contributed by atoms with E-state index < -0.39 is 0 Å². The molecule has 23 heavy (non-hydrogen) atoms. The molecule has 1 saturated carbocycles. The maximum Gasteiger partial charge on any atom is 0.222 e. The molecule has 2 aliphatic rings. The van der Waals surface area contributed by atoms with Gasteiger partial charge < -0.3 is 16.8 Å². The van der Waals surface area contributed by atoms with Crippen molar-refractivity contribution in [1.82, 2.24) is 15.0 Å². The van der Waals surface area contributed by atoms with Gasteiger partial charge in [0.25, 0.3) is 0 Å². The number of fused-ring (bicyclic) bond motifs is 1. The highest BCUT2D eigenvalue weighted by molar-refractivity contribution is 7.11. The Labute approximate surface area is 139 Å². The Kier molecular flexibility index (Phi) is 3.90. The number of nitrogens with zero attached hydrogens (tertiary/aromatic N) is 3. The van der Waals surface area contributed by atoms with Crippen LogP contribution >= 0.6 is 11.3 Å². The first-order valence-corrected chi connectivity index (χ1v) is 9.10. The van der Waals surface area contributed by atoms with Gasteiger partial charge in [0.15, 0.2) is 0 Å². The molecule has 6 nitrogen and oxygen atoms in total. The second kappa shape index (κ2) is 6.05. The summed E-state index contributed by atoms with van der Waals surface area (Å²) in [5.41, 5.74) is 14.0. The van der Waals surface area contributed by atoms with Crippen molar-refractivity contribution in [3.05, 3.63) is 27.3 Å². The fraction of sp³-hybridized carbons (Fsp3) is 0.562. The third-order valence-corrected chi connectivity index (χ3v) is 5.82. The molecule has 0 bridgehead atoms. The average Bonchev–Trinajstić information content (AvgIpc) is 2.92. The van der Waals surface area contributed by atoms with E-state index >= 15 is 0 Å². The lowest BCUT2D eigenvalue weighted by molar-refractivity contribution is 0.345. The van der Waals surface area contributed by atoms with Crippen molar-refractivity contribution in [2.45, 2.75) is 57.0 Å². The first-order valence-electron chi connectivity index (χ1n) is 8.29. The van der Waals surface area contributed by atoms with Crippen molar-refractivity contribution in [2.75, 3.05) is 11.1 Å². The van der Waals surface area contributed by atoms with Gasteiger partial charge in [-0.05, 0) is 38.5 Å². The molecular weight excluding hydrogens is 308 g/mol. The maximum atomic E-state index is 5.87. The Morgan fingerprint density at radius 3 is 2.78 bits per heavy atom. The lowest BCUT2D eigenvalue weighted by Crippen LogP contribution is -2.35. The van der Waals surface area contributed by atoms with E-state index in [0.29, 0.717) is 24.5 Å². The van der Waals surface area contributed by atoms with Crippen LogP contribution in [0, 0.1) is 0 Å². The highest BCUT2D eigenvalue weighted by Gasteiger charge is 2.29. The molecule has 122 valence electrons. The fourth-order valence-electron chi connectivity index (χ4n) is 3.34. The molecule has 2 aliphatic carbocycles. The van der Waals surface area contributed by atoms with Crippen LogP contribution < -0.4 is 16.8 Å². The van der Waals surface area contributed by atoms with Crippen LogP contribution in [0.25, 0.3) is 0 Å². The number of nitrogens with two attached hydrogens (primary N) is 2. The summed E-state index contributed by atoms with van der Waals surface area (Å²) < 4.78 is 0. The zero-order valence-electron chi connectivity index (χ0n) is 13.1. The zero-order chi connectivity index (χ0) is 15.8. The molecule has 0 saturated heterocycles. The van der Waals surface area contributed by atoms with Crippen molar-refractivity contribution in [1.29, 1.82) is 0 Å². The van der Waals surface area contributed by atoms with Gasteiger partial charge in [0.2, 0.25) is 5.95 Å². The normalized spacial score (nSPS) is 23.2. The monoisotopic (exact) mass is 330 g/mol. The molecule has 7 heteroatoms. The molecule has 2 heterocycles. The Bertz CT molecular complexity index is 683. The molecule has 0 unspecified atom stereocenters. The zero-order valence-corrected chi connectivity index (χ0v) is 13.9. The summed E-state index contributed by atoms with van der Waals surface area (Å²) in [5.74, 6) is 1.52. The summed E-state index contributed by atoms with van der Waals surface area (Å²) in [5, 5.41) is 4.48. The van der Waals surface area contributed by atoms with Crippen molar-refractivity contribution in [3.8, 4) is 0 Å². The SMILES string of the molecule is Nc1nc(NCc2nc3c(s2)CCCC3)cc(C2CC(N)C2)n1. The van der Waals surface area contributed by atoms with Crippen LogP contribution in [0.2, 0.25) is 0 Å². The summed E-state index contributed by atoms with van der Waals surface area (Å²) in [7, 11) is 0. The average molecular weight is 330 g/mol. The summed E-state index contributed by atoms with van der Waals surface area (Å²) in [6.07, 6.45) is 6.82. The number of rotatable bonds is 4. The van der Waals surface area contributed by atoms with E-state index in [9.17, 15) is 0 Å². The number of hydrogen-bond donors (Lipinski definition) is 3. The Balaban J connectivity index is 1.45. The van der Waals surface area contributed by atoms with Crippen molar-refractivity contribution in [3.63, 3.8) is 0 Å². The highest BCUT2D eigenvalue weighted by atomic mass is 32.1. The molecular formula is C16H22N6S. The quantitative estimate of drug-likeness (QED) is 0.794. The molecule has 4 rings (SSSR count). The largest absolute Gasteiger partial charge is 0.368 e. The molecule has 0 aromatic carbocycles. The van der Waals surface area contributed by atoms with Gasteiger partial charge in [-0.15, -0.1) is 11.3 Å². The topological polar surface area (TPSA) is 103 Å². The van der Waals surface area contributed by atoms with Gasteiger partial charge in [-0.3, -0.25) is 0 Å². The van der Waals surface area contributed by atoms with Crippen molar-refractivity contribution in [2.24, 2.45) is 5.73 Å². The van der Waals surface area contributed by atoms with Crippen LogP contribution in [0.3, 0.4) is 0 Å². The number of hydrogen-bond acceptors (Lipinski definition) is 7. The Morgan fingerprint density at radius 1 is 1.17 bits per heavy atom. The van der Waals surface area contributed by atoms with Crippen LogP contribution in [0.5, 0.6) is 0 Å². The highest BCUT2D eigenvalue weighted by Crippen LogP contribution is 2.35. The van der Waals surface area contributed by atoms with Gasteiger partial charge in [0, 0.05) is 22.9 Å². The van der Waals surface area contributed by atoms with Crippen LogP contribution in [0.1, 0.15) is 52.9 Å². The molecule has 2 aromatic heterocycles. The van der Waals surface area contributed by atoms with Crippen LogP contribution in [-0.4, -0.2) is 21.0 Å². The van der Waals surface area contributed by atoms with Crippen molar-refractivity contribution >= 4 is 23.1 Å². The third kappa shape index (κ3) is 3.16. The first-order chi connectivity index (χ1) is 11.2. The Hall–Kier alpha value is -1.73. The second-order valence-corrected chi connectivity index (χ2v) is 7.67. The summed E-state index contributed by atoms with van der Waals surface area (Å²) in [4.78, 5) is 14.9. The molecule has 0 aliphatic heterocycles. The van der Waals surface area contributed by atoms with Crippen LogP contribution in [0.4, 0.5) is 11.8 Å². The number of thiazole rings is 1. The van der Waals surface area contributed by atoms with E-state index in [1.807, 2.05) is 17.4 Å². The van der Waals surface area contributed by atoms with E-state index in [-0.39, 0.29) is 0 Å². The molecule has 5 N–H and O–H groups in total. The molecule has 0 spiro atoms. The van der Waals surface area contributed by atoms with E-state index in [0.717, 1.165) is 35.8 Å². The number of anilines is 2. The van der Waals surface area contributed by atoms with E-state index in [2.05, 4.69) is 15.3 Å². The van der Waals surface area contributed by atoms with Gasteiger partial charge in [-0.2, -0.15) is 4.98 Å². The first kappa shape index (κ1) is 14.8. The predicted octanol–water partition coefficient (Wildman–Crippen LogP) is 2.21. The van der Waals surface area contributed by atoms with Gasteiger partial charge in [-0.1, -0.05) is 0 Å². The molecule has 2 aromatic rings. The number of aromatic nitrogens is 3. The number of nitrogens with one attached hydrogen (secondary N) is 1. The number of nitrogen functional groups attached to an aromatic ring is 1. The van der Waals surface area contributed by atoms with Crippen molar-refractivity contribution < 1.29 is 0 Å². The minimum Gasteiger partial charge on any atom is -0.368 e. The molecule has 0 atom stereocenters. The minimum absolute atomic E-state index is 0.300. The standard InChI is InChI=1S/C16H22N6S/c17-10-5-9(6-10)12-7-14(22-16(18)21-12)19-8-15-20-11-3-1-2-4-13(11)23-15/h7,9-10H,1-6,8,17H2,(H3,18,19,21,22). The predicted molar refractivity (Wildman–Crippen MR) is 92.5 cm³/mol. The smallest absolute Gasteiger partial charge is 0.222 e. The third-order valence-electron chi connectivity index (χ3n) is 4.67. The van der Waals surface area contributed by atoms with Gasteiger partial charge in [-0.25, -0.2) is 9.97 Å². The van der Waals surface area contributed by atoms with Crippen LogP contribution in [-0.2, 0) is 19.4 Å². The second-order valence-electron chi connectivity index (χ2n) is 6.50. The van der Waals surface area contributed by atoms with Gasteiger partial charge >= 0.3 is 0 Å². The fourth-order valence-corrected chi connectivity index (χ4v) is 4.43. The van der Waals surface area contributed by atoms with E-state index in [4.69, 9.17) is 16.5 Å². The minimum atomic E-state index is 0.300. The van der Waals surface area contributed by atoms with E-state index in [1.165, 1.54) is 29.8 Å². The van der Waals surface area contributed by atoms with Gasteiger partial charge in [0.1, 0.15) is 10.8 Å². The van der Waals surface area contributed by atoms with Crippen LogP contribution in [0.15, 0.2) is 6.07 Å². The lowest BCUT2D eigenvalue weighted by atomic mass is 9.78. The lowest BCUT2D eigenvalue weighted by Gasteiger charge is -2.32. The maximum absolute atomic E-state index is 5.87. The number of aryl methyl sites for hydroxylation is 2. The van der Waals surface area contributed by atoms with E-state index in [1.54, 1.807) is 0 Å². The molecule has 0 amide bonds. The van der Waals surface area contributed by atoms with Gasteiger partial charge in [0.05, 0.1) is 17.9 Å². The molecule has 0 radical (unpaired) electrons. The Morgan fingerprint density at radius 2 is 2.00 bits per heavy atom. The summed E-state index contributed by atoms with van der Waals surface area (Å²) in [6, 6.07) is 2.30. The summed E-state index contributed by atoms with van der Waals surface area (Å²) >= 11 is 1.82.